The highest BCUT2D eigenvalue weighted by Gasteiger charge is 2.16. The second kappa shape index (κ2) is 7.84. The first-order chi connectivity index (χ1) is 12.9. The van der Waals surface area contributed by atoms with Gasteiger partial charge in [0, 0.05) is 23.2 Å². The molecule has 0 saturated heterocycles. The lowest BCUT2D eigenvalue weighted by atomic mass is 10.0. The molecule has 1 aromatic heterocycles. The van der Waals surface area contributed by atoms with Crippen molar-refractivity contribution < 1.29 is 13.9 Å². The number of aromatic amines is 1. The van der Waals surface area contributed by atoms with Gasteiger partial charge in [0.05, 0.1) is 6.61 Å². The van der Waals surface area contributed by atoms with E-state index in [1.54, 1.807) is 31.3 Å². The molecular weight excluding hydrogens is 373 g/mol. The molecule has 0 fully saturated rings. The predicted octanol–water partition coefficient (Wildman–Crippen LogP) is 3.85. The topological polar surface area (TPSA) is 69.1 Å². The molecule has 6 nitrogen and oxygen atoms in total. The Morgan fingerprint density at radius 1 is 1.22 bits per heavy atom. The van der Waals surface area contributed by atoms with Crippen LogP contribution in [0.15, 0.2) is 35.1 Å². The van der Waals surface area contributed by atoms with Crippen LogP contribution in [0.3, 0.4) is 0 Å². The largest absolute Gasteiger partial charge is 0.494 e. The smallest absolute Gasteiger partial charge is 0.343 e. The number of hydrogen-bond donors (Lipinski definition) is 1. The highest BCUT2D eigenvalue weighted by molar-refractivity contribution is 6.31. The van der Waals surface area contributed by atoms with E-state index in [9.17, 15) is 9.18 Å². The maximum Gasteiger partial charge on any atom is 0.343 e. The molecule has 142 valence electrons. The van der Waals surface area contributed by atoms with Gasteiger partial charge in [-0.2, -0.15) is 5.10 Å². The normalized spacial score (nSPS) is 10.9. The first-order valence-electron chi connectivity index (χ1n) is 8.36. The van der Waals surface area contributed by atoms with Gasteiger partial charge in [-0.3, -0.25) is 4.57 Å². The van der Waals surface area contributed by atoms with Crippen molar-refractivity contribution in [2.45, 2.75) is 20.5 Å². The SMILES string of the molecule is CCOc1ccc(F)c(-c2cc(Cl)c(C)cc2OCc2n[nH]c(=O)n2C)c1. The lowest BCUT2D eigenvalue weighted by Crippen LogP contribution is -2.15. The van der Waals surface area contributed by atoms with E-state index >= 15 is 0 Å². The van der Waals surface area contributed by atoms with Gasteiger partial charge in [0.2, 0.25) is 0 Å². The van der Waals surface area contributed by atoms with Crippen molar-refractivity contribution in [2.75, 3.05) is 6.61 Å². The number of H-pyrrole nitrogens is 1. The first kappa shape index (κ1) is 19.0. The number of aryl methyl sites for hydroxylation is 1. The Labute approximate surface area is 160 Å². The second-order valence-electron chi connectivity index (χ2n) is 5.96. The highest BCUT2D eigenvalue weighted by atomic mass is 35.5. The fourth-order valence-electron chi connectivity index (χ4n) is 2.60. The Hall–Kier alpha value is -2.80. The molecule has 0 radical (unpaired) electrons. The molecule has 0 unspecified atom stereocenters. The number of halogens is 2. The standard InChI is InChI=1S/C19H19ClFN3O3/c1-4-26-12-5-6-16(21)13(8-12)14-9-15(20)11(2)7-17(14)27-10-18-22-23-19(25)24(18)3/h5-9H,4,10H2,1-3H3,(H,23,25). The molecule has 1 N–H and O–H groups in total. The molecule has 0 spiro atoms. The molecule has 0 aliphatic heterocycles. The maximum atomic E-state index is 14.5. The van der Waals surface area contributed by atoms with Crippen molar-refractivity contribution in [3.05, 3.63) is 63.0 Å². The van der Waals surface area contributed by atoms with E-state index in [0.29, 0.717) is 40.1 Å². The molecule has 0 saturated carbocycles. The van der Waals surface area contributed by atoms with Crippen LogP contribution in [0.2, 0.25) is 5.02 Å². The molecular formula is C19H19ClFN3O3. The van der Waals surface area contributed by atoms with Crippen molar-refractivity contribution in [3.8, 4) is 22.6 Å². The van der Waals surface area contributed by atoms with Gasteiger partial charge in [0.15, 0.2) is 5.82 Å². The zero-order chi connectivity index (χ0) is 19.6. The van der Waals surface area contributed by atoms with E-state index in [1.807, 2.05) is 13.8 Å². The van der Waals surface area contributed by atoms with Crippen molar-refractivity contribution in [2.24, 2.45) is 7.05 Å². The van der Waals surface area contributed by atoms with Crippen LogP contribution in [0.4, 0.5) is 4.39 Å². The predicted molar refractivity (Wildman–Crippen MR) is 101 cm³/mol. The summed E-state index contributed by atoms with van der Waals surface area (Å²) in [4.78, 5) is 11.5. The monoisotopic (exact) mass is 391 g/mol. The van der Waals surface area contributed by atoms with E-state index in [4.69, 9.17) is 21.1 Å². The van der Waals surface area contributed by atoms with Crippen LogP contribution in [0, 0.1) is 12.7 Å². The van der Waals surface area contributed by atoms with Crippen LogP contribution in [-0.2, 0) is 13.7 Å². The van der Waals surface area contributed by atoms with Crippen molar-refractivity contribution >= 4 is 11.6 Å². The molecule has 0 aliphatic carbocycles. The van der Waals surface area contributed by atoms with E-state index in [1.165, 1.54) is 10.6 Å². The van der Waals surface area contributed by atoms with Gasteiger partial charge in [-0.25, -0.2) is 14.3 Å². The average Bonchev–Trinajstić information content (AvgIpc) is 2.96. The molecule has 8 heteroatoms. The van der Waals surface area contributed by atoms with Gasteiger partial charge < -0.3 is 9.47 Å². The molecule has 3 rings (SSSR count). The number of aromatic nitrogens is 3. The molecule has 0 amide bonds. The molecule has 1 heterocycles. The van der Waals surface area contributed by atoms with Gasteiger partial charge in [-0.1, -0.05) is 11.6 Å². The maximum absolute atomic E-state index is 14.5. The van der Waals surface area contributed by atoms with Crippen LogP contribution >= 0.6 is 11.6 Å². The number of nitrogens with one attached hydrogen (secondary N) is 1. The minimum Gasteiger partial charge on any atom is -0.494 e. The third-order valence-corrected chi connectivity index (χ3v) is 4.54. The van der Waals surface area contributed by atoms with Gasteiger partial charge in [-0.15, -0.1) is 0 Å². The summed E-state index contributed by atoms with van der Waals surface area (Å²) in [5.74, 6) is 0.976. The number of nitrogens with zero attached hydrogens (tertiary/aromatic N) is 2. The Bertz CT molecular complexity index is 1030. The molecule has 27 heavy (non-hydrogen) atoms. The van der Waals surface area contributed by atoms with Gasteiger partial charge in [0.25, 0.3) is 0 Å². The fourth-order valence-corrected chi connectivity index (χ4v) is 2.77. The van der Waals surface area contributed by atoms with Crippen LogP contribution in [0.25, 0.3) is 11.1 Å². The second-order valence-corrected chi connectivity index (χ2v) is 6.37. The molecule has 0 atom stereocenters. The zero-order valence-electron chi connectivity index (χ0n) is 15.2. The number of hydrogen-bond acceptors (Lipinski definition) is 4. The first-order valence-corrected chi connectivity index (χ1v) is 8.74. The lowest BCUT2D eigenvalue weighted by Gasteiger charge is -2.15. The van der Waals surface area contributed by atoms with Crippen molar-refractivity contribution in [1.29, 1.82) is 0 Å². The average molecular weight is 392 g/mol. The Balaban J connectivity index is 2.02. The quantitative estimate of drug-likeness (QED) is 0.692. The van der Waals surface area contributed by atoms with Crippen LogP contribution in [0.5, 0.6) is 11.5 Å². The third kappa shape index (κ3) is 3.98. The van der Waals surface area contributed by atoms with Gasteiger partial charge in [-0.05, 0) is 49.7 Å². The minimum atomic E-state index is -0.421. The van der Waals surface area contributed by atoms with Crippen LogP contribution in [-0.4, -0.2) is 21.4 Å². The van der Waals surface area contributed by atoms with E-state index in [2.05, 4.69) is 10.2 Å². The summed E-state index contributed by atoms with van der Waals surface area (Å²) in [6, 6.07) is 7.91. The highest BCUT2D eigenvalue weighted by Crippen LogP contribution is 2.38. The minimum absolute atomic E-state index is 0.0378. The summed E-state index contributed by atoms with van der Waals surface area (Å²) in [7, 11) is 1.59. The lowest BCUT2D eigenvalue weighted by molar-refractivity contribution is 0.292. The molecule has 2 aromatic carbocycles. The fraction of sp³-hybridized carbons (Fsp3) is 0.263. The summed E-state index contributed by atoms with van der Waals surface area (Å²) in [6.45, 7) is 4.19. The van der Waals surface area contributed by atoms with Gasteiger partial charge >= 0.3 is 5.69 Å². The number of ether oxygens (including phenoxy) is 2. The van der Waals surface area contributed by atoms with Crippen molar-refractivity contribution in [3.63, 3.8) is 0 Å². The van der Waals surface area contributed by atoms with Crippen LogP contribution in [0.1, 0.15) is 18.3 Å². The van der Waals surface area contributed by atoms with Crippen LogP contribution < -0.4 is 15.2 Å². The number of benzene rings is 2. The zero-order valence-corrected chi connectivity index (χ0v) is 15.9. The summed E-state index contributed by atoms with van der Waals surface area (Å²) >= 11 is 6.26. The molecule has 0 bridgehead atoms. The van der Waals surface area contributed by atoms with E-state index in [-0.39, 0.29) is 12.3 Å². The molecule has 0 aliphatic rings. The summed E-state index contributed by atoms with van der Waals surface area (Å²) < 4.78 is 27.2. The molecule has 3 aromatic rings. The van der Waals surface area contributed by atoms with Gasteiger partial charge in [0.1, 0.15) is 23.9 Å². The Morgan fingerprint density at radius 2 is 2.00 bits per heavy atom. The summed E-state index contributed by atoms with van der Waals surface area (Å²) in [5, 5.41) is 6.75. The summed E-state index contributed by atoms with van der Waals surface area (Å²) in [6.07, 6.45) is 0. The number of rotatable bonds is 6. The Morgan fingerprint density at radius 3 is 2.67 bits per heavy atom. The Kier molecular flexibility index (Phi) is 5.51. The van der Waals surface area contributed by atoms with E-state index in [0.717, 1.165) is 5.56 Å². The van der Waals surface area contributed by atoms with E-state index < -0.39 is 5.82 Å². The van der Waals surface area contributed by atoms with Crippen molar-refractivity contribution in [1.82, 2.24) is 14.8 Å². The summed E-state index contributed by atoms with van der Waals surface area (Å²) in [5.41, 5.74) is 1.25. The third-order valence-electron chi connectivity index (χ3n) is 4.13.